The molecule has 3 rings (SSSR count). The third kappa shape index (κ3) is 3.57. The largest absolute Gasteiger partial charge is 0.497 e. The van der Waals surface area contributed by atoms with E-state index in [0.29, 0.717) is 18.9 Å². The Morgan fingerprint density at radius 1 is 1.19 bits per heavy atom. The summed E-state index contributed by atoms with van der Waals surface area (Å²) in [5.74, 6) is 1.10. The van der Waals surface area contributed by atoms with Gasteiger partial charge in [0.25, 0.3) is 5.91 Å². The summed E-state index contributed by atoms with van der Waals surface area (Å²) in [6.07, 6.45) is 0. The van der Waals surface area contributed by atoms with Crippen molar-refractivity contribution >= 4 is 17.5 Å². The van der Waals surface area contributed by atoms with E-state index in [1.165, 1.54) is 4.90 Å². The van der Waals surface area contributed by atoms with Crippen molar-refractivity contribution in [1.29, 1.82) is 0 Å². The number of ether oxygens (including phenoxy) is 2. The number of carbonyl (C=O) groups excluding carboxylic acids is 2. The fourth-order valence-electron chi connectivity index (χ4n) is 2.99. The number of nitrogens with zero attached hydrogens (tertiary/aromatic N) is 2. The first-order chi connectivity index (χ1) is 12.5. The molecule has 7 heteroatoms. The highest BCUT2D eigenvalue weighted by Crippen LogP contribution is 2.24. The van der Waals surface area contributed by atoms with Gasteiger partial charge in [0.2, 0.25) is 5.91 Å². The number of hydrogen-bond donors (Lipinski definition) is 0. The standard InChI is InChI=1S/C19H22N2O5/c1-13-10-21(14-4-6-15(25-3)7-5-14)18(22)11-20(13)19(23)17-9-8-16(26-17)12-24-2/h4-9,13H,10-12H2,1-3H3/t13-/m0/s1. The summed E-state index contributed by atoms with van der Waals surface area (Å²) in [5.41, 5.74) is 0.787. The zero-order chi connectivity index (χ0) is 18.7. The van der Waals surface area contributed by atoms with Crippen molar-refractivity contribution in [3.8, 4) is 5.75 Å². The molecule has 138 valence electrons. The molecule has 0 aliphatic carbocycles. The quantitative estimate of drug-likeness (QED) is 0.820. The summed E-state index contributed by atoms with van der Waals surface area (Å²) in [6.45, 7) is 2.64. The number of furan rings is 1. The molecule has 0 spiro atoms. The van der Waals surface area contributed by atoms with Crippen molar-refractivity contribution in [2.75, 3.05) is 32.2 Å². The molecule has 0 radical (unpaired) electrons. The molecule has 0 saturated carbocycles. The molecule has 1 aliphatic rings. The number of carbonyl (C=O) groups is 2. The molecule has 0 unspecified atom stereocenters. The molecule has 1 saturated heterocycles. The fourth-order valence-corrected chi connectivity index (χ4v) is 2.99. The van der Waals surface area contributed by atoms with Crippen molar-refractivity contribution in [2.45, 2.75) is 19.6 Å². The van der Waals surface area contributed by atoms with Crippen LogP contribution < -0.4 is 9.64 Å². The molecule has 26 heavy (non-hydrogen) atoms. The number of piperazine rings is 1. The lowest BCUT2D eigenvalue weighted by Gasteiger charge is -2.39. The number of amides is 2. The van der Waals surface area contributed by atoms with Crippen molar-refractivity contribution in [1.82, 2.24) is 4.90 Å². The van der Waals surface area contributed by atoms with Gasteiger partial charge in [-0.25, -0.2) is 0 Å². The maximum atomic E-state index is 12.7. The van der Waals surface area contributed by atoms with Gasteiger partial charge in [0.1, 0.15) is 24.7 Å². The lowest BCUT2D eigenvalue weighted by Crippen LogP contribution is -2.57. The number of hydrogen-bond acceptors (Lipinski definition) is 5. The normalized spacial score (nSPS) is 17.5. The highest BCUT2D eigenvalue weighted by atomic mass is 16.5. The molecule has 1 aromatic heterocycles. The molecule has 2 heterocycles. The van der Waals surface area contributed by atoms with Crippen LogP contribution >= 0.6 is 0 Å². The third-order valence-electron chi connectivity index (χ3n) is 4.39. The van der Waals surface area contributed by atoms with Gasteiger partial charge in [-0.3, -0.25) is 9.59 Å². The number of anilines is 1. The average molecular weight is 358 g/mol. The Bertz CT molecular complexity index is 783. The minimum Gasteiger partial charge on any atom is -0.497 e. The SMILES string of the molecule is COCc1ccc(C(=O)N2CC(=O)N(c3ccc(OC)cc3)C[C@@H]2C)o1. The topological polar surface area (TPSA) is 72.2 Å². The predicted octanol–water partition coefficient (Wildman–Crippen LogP) is 2.31. The van der Waals surface area contributed by atoms with Gasteiger partial charge in [-0.15, -0.1) is 0 Å². The lowest BCUT2D eigenvalue weighted by molar-refractivity contribution is -0.121. The maximum absolute atomic E-state index is 12.7. The van der Waals surface area contributed by atoms with Crippen LogP contribution in [0.1, 0.15) is 23.2 Å². The maximum Gasteiger partial charge on any atom is 0.290 e. The second-order valence-electron chi connectivity index (χ2n) is 6.18. The first-order valence-corrected chi connectivity index (χ1v) is 8.36. The number of benzene rings is 1. The van der Waals surface area contributed by atoms with Crippen LogP contribution in [0.2, 0.25) is 0 Å². The zero-order valence-electron chi connectivity index (χ0n) is 15.1. The van der Waals surface area contributed by atoms with Gasteiger partial charge >= 0.3 is 0 Å². The Hall–Kier alpha value is -2.80. The van der Waals surface area contributed by atoms with Crippen LogP contribution in [-0.2, 0) is 16.1 Å². The lowest BCUT2D eigenvalue weighted by atomic mass is 10.1. The molecule has 7 nitrogen and oxygen atoms in total. The highest BCUT2D eigenvalue weighted by molar-refractivity contribution is 6.01. The van der Waals surface area contributed by atoms with Gasteiger partial charge in [0, 0.05) is 25.4 Å². The van der Waals surface area contributed by atoms with Crippen LogP contribution in [-0.4, -0.2) is 50.1 Å². The predicted molar refractivity (Wildman–Crippen MR) is 95.3 cm³/mol. The summed E-state index contributed by atoms with van der Waals surface area (Å²) < 4.78 is 15.6. The molecule has 1 fully saturated rings. The van der Waals surface area contributed by atoms with Crippen molar-refractivity contribution in [3.05, 3.63) is 47.9 Å². The van der Waals surface area contributed by atoms with Gasteiger partial charge in [0.05, 0.1) is 7.11 Å². The summed E-state index contributed by atoms with van der Waals surface area (Å²) in [6, 6.07) is 10.5. The summed E-state index contributed by atoms with van der Waals surface area (Å²) in [7, 11) is 3.16. The van der Waals surface area contributed by atoms with Crippen molar-refractivity contribution in [3.63, 3.8) is 0 Å². The van der Waals surface area contributed by atoms with Crippen LogP contribution in [0.3, 0.4) is 0 Å². The molecule has 1 aromatic carbocycles. The van der Waals surface area contributed by atoms with E-state index >= 15 is 0 Å². The molecule has 0 bridgehead atoms. The smallest absolute Gasteiger partial charge is 0.290 e. The fraction of sp³-hybridized carbons (Fsp3) is 0.368. The monoisotopic (exact) mass is 358 g/mol. The van der Waals surface area contributed by atoms with Crippen LogP contribution in [0.5, 0.6) is 5.75 Å². The average Bonchev–Trinajstić information content (AvgIpc) is 3.12. The van der Waals surface area contributed by atoms with E-state index in [0.717, 1.165) is 11.4 Å². The van der Waals surface area contributed by atoms with E-state index in [1.807, 2.05) is 31.2 Å². The summed E-state index contributed by atoms with van der Waals surface area (Å²) >= 11 is 0. The molecule has 1 atom stereocenters. The Morgan fingerprint density at radius 2 is 1.92 bits per heavy atom. The molecular formula is C19H22N2O5. The van der Waals surface area contributed by atoms with Gasteiger partial charge in [-0.2, -0.15) is 0 Å². The van der Waals surface area contributed by atoms with Gasteiger partial charge in [-0.1, -0.05) is 0 Å². The molecule has 1 aliphatic heterocycles. The molecule has 2 amide bonds. The molecule has 0 N–H and O–H groups in total. The van der Waals surface area contributed by atoms with Gasteiger partial charge < -0.3 is 23.7 Å². The Labute approximate surface area is 152 Å². The molecular weight excluding hydrogens is 336 g/mol. The third-order valence-corrected chi connectivity index (χ3v) is 4.39. The van der Waals surface area contributed by atoms with E-state index in [2.05, 4.69) is 0 Å². The first kappa shape index (κ1) is 18.0. The summed E-state index contributed by atoms with van der Waals surface area (Å²) in [4.78, 5) is 28.5. The Balaban J connectivity index is 1.72. The van der Waals surface area contributed by atoms with E-state index in [9.17, 15) is 9.59 Å². The second-order valence-corrected chi connectivity index (χ2v) is 6.18. The second kappa shape index (κ2) is 7.61. The Morgan fingerprint density at radius 3 is 2.58 bits per heavy atom. The van der Waals surface area contributed by atoms with E-state index in [-0.39, 0.29) is 30.2 Å². The van der Waals surface area contributed by atoms with Crippen LogP contribution in [0, 0.1) is 0 Å². The van der Waals surface area contributed by atoms with E-state index in [4.69, 9.17) is 13.9 Å². The molecule has 2 aromatic rings. The van der Waals surface area contributed by atoms with Gasteiger partial charge in [-0.05, 0) is 43.3 Å². The number of methoxy groups -OCH3 is 2. The minimum absolute atomic E-state index is 0.00629. The van der Waals surface area contributed by atoms with Crippen LogP contribution in [0.25, 0.3) is 0 Å². The van der Waals surface area contributed by atoms with Gasteiger partial charge in [0.15, 0.2) is 5.76 Å². The minimum atomic E-state index is -0.289. The van der Waals surface area contributed by atoms with Crippen LogP contribution in [0.15, 0.2) is 40.8 Å². The van der Waals surface area contributed by atoms with Crippen molar-refractivity contribution in [2.24, 2.45) is 0 Å². The number of rotatable bonds is 5. The first-order valence-electron chi connectivity index (χ1n) is 8.36. The highest BCUT2D eigenvalue weighted by Gasteiger charge is 2.34. The van der Waals surface area contributed by atoms with E-state index < -0.39 is 0 Å². The summed E-state index contributed by atoms with van der Waals surface area (Å²) in [5, 5.41) is 0. The van der Waals surface area contributed by atoms with Crippen molar-refractivity contribution < 1.29 is 23.5 Å². The van der Waals surface area contributed by atoms with E-state index in [1.54, 1.807) is 31.3 Å². The van der Waals surface area contributed by atoms with Crippen LogP contribution in [0.4, 0.5) is 5.69 Å². The Kier molecular flexibility index (Phi) is 5.27. The zero-order valence-corrected chi connectivity index (χ0v) is 15.1.